The Morgan fingerprint density at radius 3 is 2.52 bits per heavy atom. The minimum atomic E-state index is -0.0225. The van der Waals surface area contributed by atoms with Gasteiger partial charge in [0.15, 0.2) is 0 Å². The minimum Gasteiger partial charge on any atom is -0.439 e. The number of nitrogens with zero attached hydrogens (tertiary/aromatic N) is 1. The van der Waals surface area contributed by atoms with E-state index in [2.05, 4.69) is 33.0 Å². The van der Waals surface area contributed by atoms with Gasteiger partial charge in [-0.2, -0.15) is 0 Å². The van der Waals surface area contributed by atoms with Crippen molar-refractivity contribution in [3.8, 4) is 11.6 Å². The molecular formula is C17H15BrN2O. The summed E-state index contributed by atoms with van der Waals surface area (Å²) in [7, 11) is 0. The van der Waals surface area contributed by atoms with Crippen LogP contribution in [0.2, 0.25) is 0 Å². The second-order valence-electron chi connectivity index (χ2n) is 4.97. The van der Waals surface area contributed by atoms with Crippen LogP contribution >= 0.6 is 15.9 Å². The third-order valence-electron chi connectivity index (χ3n) is 3.28. The average Bonchev–Trinajstić information content (AvgIpc) is 2.48. The fraction of sp³-hybridized carbons (Fsp3) is 0.118. The van der Waals surface area contributed by atoms with Crippen molar-refractivity contribution < 1.29 is 4.74 Å². The van der Waals surface area contributed by atoms with Crippen molar-refractivity contribution in [3.05, 3.63) is 64.8 Å². The third-order valence-corrected chi connectivity index (χ3v) is 3.77. The summed E-state index contributed by atoms with van der Waals surface area (Å²) in [4.78, 5) is 4.28. The Kier molecular flexibility index (Phi) is 3.90. The molecule has 0 amide bonds. The largest absolute Gasteiger partial charge is 0.439 e. The van der Waals surface area contributed by atoms with Crippen LogP contribution in [0.4, 0.5) is 0 Å². The molecule has 0 aliphatic carbocycles. The Morgan fingerprint density at radius 2 is 1.81 bits per heavy atom. The summed E-state index contributed by atoms with van der Waals surface area (Å²) in [5, 5.41) is 2.29. The second kappa shape index (κ2) is 5.84. The second-order valence-corrected chi connectivity index (χ2v) is 5.89. The van der Waals surface area contributed by atoms with Gasteiger partial charge < -0.3 is 10.5 Å². The van der Waals surface area contributed by atoms with Crippen molar-refractivity contribution in [1.82, 2.24) is 4.98 Å². The summed E-state index contributed by atoms with van der Waals surface area (Å²) in [6.45, 7) is 1.93. The molecule has 1 unspecified atom stereocenters. The predicted octanol–water partition coefficient (Wildman–Crippen LogP) is 4.81. The number of halogens is 1. The van der Waals surface area contributed by atoms with E-state index in [1.54, 1.807) is 6.20 Å². The maximum atomic E-state index is 5.81. The molecule has 21 heavy (non-hydrogen) atoms. The summed E-state index contributed by atoms with van der Waals surface area (Å²) >= 11 is 3.47. The Bertz CT molecular complexity index is 769. The van der Waals surface area contributed by atoms with E-state index in [0.29, 0.717) is 5.88 Å². The van der Waals surface area contributed by atoms with Gasteiger partial charge in [0.05, 0.1) is 0 Å². The normalized spacial score (nSPS) is 12.3. The summed E-state index contributed by atoms with van der Waals surface area (Å²) in [6.07, 6.45) is 1.75. The van der Waals surface area contributed by atoms with Crippen LogP contribution in [0.5, 0.6) is 11.6 Å². The molecule has 3 aromatic rings. The number of ether oxygens (including phenoxy) is 1. The van der Waals surface area contributed by atoms with Crippen LogP contribution in [0.3, 0.4) is 0 Å². The van der Waals surface area contributed by atoms with Gasteiger partial charge in [0, 0.05) is 22.8 Å². The predicted molar refractivity (Wildman–Crippen MR) is 88.6 cm³/mol. The van der Waals surface area contributed by atoms with E-state index in [9.17, 15) is 0 Å². The zero-order valence-corrected chi connectivity index (χ0v) is 13.2. The van der Waals surface area contributed by atoms with Gasteiger partial charge in [0.25, 0.3) is 0 Å². The molecular weight excluding hydrogens is 328 g/mol. The molecule has 2 aromatic carbocycles. The first kappa shape index (κ1) is 14.0. The number of aromatic nitrogens is 1. The van der Waals surface area contributed by atoms with Crippen LogP contribution in [-0.4, -0.2) is 4.98 Å². The molecule has 0 saturated heterocycles. The third kappa shape index (κ3) is 3.23. The summed E-state index contributed by atoms with van der Waals surface area (Å²) in [5.74, 6) is 1.33. The number of pyridine rings is 1. The highest BCUT2D eigenvalue weighted by molar-refractivity contribution is 9.10. The van der Waals surface area contributed by atoms with Gasteiger partial charge in [-0.3, -0.25) is 0 Å². The Hall–Kier alpha value is -1.91. The molecule has 106 valence electrons. The first-order valence-electron chi connectivity index (χ1n) is 6.70. The van der Waals surface area contributed by atoms with Gasteiger partial charge in [0.1, 0.15) is 5.75 Å². The summed E-state index contributed by atoms with van der Waals surface area (Å²) < 4.78 is 6.85. The number of hydrogen-bond acceptors (Lipinski definition) is 3. The standard InChI is InChI=1S/C17H15BrN2O/c1-11(19)14-4-7-17(20-10-14)21-16-6-3-12-8-15(18)5-2-13(12)9-16/h2-11H,19H2,1H3. The minimum absolute atomic E-state index is 0.0225. The molecule has 0 fully saturated rings. The molecule has 0 bridgehead atoms. The van der Waals surface area contributed by atoms with Gasteiger partial charge in [-0.05, 0) is 47.5 Å². The molecule has 1 atom stereocenters. The first-order valence-corrected chi connectivity index (χ1v) is 7.50. The van der Waals surface area contributed by atoms with Gasteiger partial charge in [-0.15, -0.1) is 0 Å². The molecule has 0 aliphatic rings. The van der Waals surface area contributed by atoms with Gasteiger partial charge >= 0.3 is 0 Å². The van der Waals surface area contributed by atoms with Crippen molar-refractivity contribution in [3.63, 3.8) is 0 Å². The van der Waals surface area contributed by atoms with E-state index in [1.165, 1.54) is 0 Å². The molecule has 0 radical (unpaired) electrons. The first-order chi connectivity index (χ1) is 10.1. The van der Waals surface area contributed by atoms with Crippen LogP contribution in [0, 0.1) is 0 Å². The maximum Gasteiger partial charge on any atom is 0.219 e. The zero-order valence-electron chi connectivity index (χ0n) is 11.6. The molecule has 2 N–H and O–H groups in total. The number of hydrogen-bond donors (Lipinski definition) is 1. The number of benzene rings is 2. The fourth-order valence-corrected chi connectivity index (χ4v) is 2.48. The smallest absolute Gasteiger partial charge is 0.219 e. The van der Waals surface area contributed by atoms with Gasteiger partial charge in [-0.25, -0.2) is 4.98 Å². The van der Waals surface area contributed by atoms with Crippen LogP contribution in [0.25, 0.3) is 10.8 Å². The highest BCUT2D eigenvalue weighted by atomic mass is 79.9. The van der Waals surface area contributed by atoms with E-state index in [-0.39, 0.29) is 6.04 Å². The lowest BCUT2D eigenvalue weighted by Crippen LogP contribution is -2.05. The highest BCUT2D eigenvalue weighted by Crippen LogP contribution is 2.27. The quantitative estimate of drug-likeness (QED) is 0.742. The number of nitrogens with two attached hydrogens (primary N) is 1. The topological polar surface area (TPSA) is 48.1 Å². The molecule has 4 heteroatoms. The van der Waals surface area contributed by atoms with Crippen LogP contribution in [0.1, 0.15) is 18.5 Å². The molecule has 0 aliphatic heterocycles. The average molecular weight is 343 g/mol. The maximum absolute atomic E-state index is 5.81. The van der Waals surface area contributed by atoms with Crippen molar-refractivity contribution >= 4 is 26.7 Å². The van der Waals surface area contributed by atoms with E-state index < -0.39 is 0 Å². The van der Waals surface area contributed by atoms with Crippen molar-refractivity contribution in [2.24, 2.45) is 5.73 Å². The molecule has 1 aromatic heterocycles. The monoisotopic (exact) mass is 342 g/mol. The van der Waals surface area contributed by atoms with E-state index in [0.717, 1.165) is 26.6 Å². The fourth-order valence-electron chi connectivity index (χ4n) is 2.10. The van der Waals surface area contributed by atoms with Gasteiger partial charge in [0.2, 0.25) is 5.88 Å². The molecule has 0 spiro atoms. The molecule has 0 saturated carbocycles. The van der Waals surface area contributed by atoms with Crippen LogP contribution in [0.15, 0.2) is 59.2 Å². The number of fused-ring (bicyclic) bond motifs is 1. The van der Waals surface area contributed by atoms with Crippen LogP contribution in [-0.2, 0) is 0 Å². The van der Waals surface area contributed by atoms with Crippen LogP contribution < -0.4 is 10.5 Å². The summed E-state index contributed by atoms with van der Waals surface area (Å²) in [5.41, 5.74) is 6.80. The van der Waals surface area contributed by atoms with Crippen molar-refractivity contribution in [2.45, 2.75) is 13.0 Å². The Balaban J connectivity index is 1.85. The van der Waals surface area contributed by atoms with E-state index in [1.807, 2.05) is 43.3 Å². The SMILES string of the molecule is CC(N)c1ccc(Oc2ccc3cc(Br)ccc3c2)nc1. The lowest BCUT2D eigenvalue weighted by Gasteiger charge is -2.08. The van der Waals surface area contributed by atoms with Gasteiger partial charge in [-0.1, -0.05) is 34.1 Å². The van der Waals surface area contributed by atoms with Crippen molar-refractivity contribution in [2.75, 3.05) is 0 Å². The molecule has 3 rings (SSSR count). The Labute approximate surface area is 131 Å². The lowest BCUT2D eigenvalue weighted by atomic mass is 10.1. The zero-order chi connectivity index (χ0) is 14.8. The Morgan fingerprint density at radius 1 is 1.05 bits per heavy atom. The van der Waals surface area contributed by atoms with E-state index in [4.69, 9.17) is 10.5 Å². The number of rotatable bonds is 3. The van der Waals surface area contributed by atoms with Crippen molar-refractivity contribution in [1.29, 1.82) is 0 Å². The highest BCUT2D eigenvalue weighted by Gasteiger charge is 2.03. The molecule has 1 heterocycles. The summed E-state index contributed by atoms with van der Waals surface area (Å²) in [6, 6.07) is 15.9. The lowest BCUT2D eigenvalue weighted by molar-refractivity contribution is 0.463. The van der Waals surface area contributed by atoms with E-state index >= 15 is 0 Å². The molecule has 3 nitrogen and oxygen atoms in total.